The molecule has 0 amide bonds. The van der Waals surface area contributed by atoms with Gasteiger partial charge >= 0.3 is 0 Å². The van der Waals surface area contributed by atoms with Crippen LogP contribution in [0, 0.1) is 5.92 Å². The molecule has 4 nitrogen and oxygen atoms in total. The Bertz CT molecular complexity index is 2870. The molecule has 12 rings (SSSR count). The maximum absolute atomic E-state index is 4.97. The Labute approximate surface area is 325 Å². The van der Waals surface area contributed by atoms with E-state index in [0.717, 1.165) is 22.3 Å². The summed E-state index contributed by atoms with van der Waals surface area (Å²) in [6.45, 7) is 0. The summed E-state index contributed by atoms with van der Waals surface area (Å²) in [5.41, 5.74) is 17.0. The van der Waals surface area contributed by atoms with Gasteiger partial charge in [0.2, 0.25) is 0 Å². The summed E-state index contributed by atoms with van der Waals surface area (Å²) in [4.78, 5) is 17.4. The Balaban J connectivity index is 0.982. The van der Waals surface area contributed by atoms with Crippen LogP contribution in [0.1, 0.15) is 22.3 Å². The molecule has 0 saturated heterocycles. The molecule has 3 heterocycles. The molecule has 1 spiro atoms. The van der Waals surface area contributed by atoms with Gasteiger partial charge in [-0.15, -0.1) is 0 Å². The Morgan fingerprint density at radius 3 is 1.62 bits per heavy atom. The number of allylic oxidation sites excluding steroid dienone is 2. The number of rotatable bonds is 4. The van der Waals surface area contributed by atoms with E-state index in [-0.39, 0.29) is 17.4 Å². The highest BCUT2D eigenvalue weighted by Gasteiger charge is 2.59. The molecular formula is C52H34N4. The Morgan fingerprint density at radius 1 is 0.411 bits per heavy atom. The molecule has 0 N–H and O–H groups in total. The van der Waals surface area contributed by atoms with Crippen molar-refractivity contribution >= 4 is 16.9 Å². The second-order valence-electron chi connectivity index (χ2n) is 15.1. The molecule has 8 aromatic rings. The van der Waals surface area contributed by atoms with E-state index < -0.39 is 0 Å². The molecule has 0 radical (unpaired) electrons. The predicted molar refractivity (Wildman–Crippen MR) is 226 cm³/mol. The third-order valence-corrected chi connectivity index (χ3v) is 12.4. The lowest BCUT2D eigenvalue weighted by molar-refractivity contribution is 0.404. The quantitative estimate of drug-likeness (QED) is 0.182. The van der Waals surface area contributed by atoms with Crippen molar-refractivity contribution in [3.8, 4) is 56.4 Å². The second kappa shape index (κ2) is 11.9. The van der Waals surface area contributed by atoms with Crippen molar-refractivity contribution in [2.45, 2.75) is 11.5 Å². The van der Waals surface area contributed by atoms with Crippen LogP contribution in [0.5, 0.6) is 0 Å². The highest BCUT2D eigenvalue weighted by atomic mass is 15.2. The highest BCUT2D eigenvalue weighted by Crippen LogP contribution is 2.66. The third kappa shape index (κ3) is 4.32. The van der Waals surface area contributed by atoms with Gasteiger partial charge in [0.25, 0.3) is 0 Å². The van der Waals surface area contributed by atoms with Crippen LogP contribution >= 0.6 is 0 Å². The first kappa shape index (κ1) is 31.2. The number of fused-ring (bicyclic) bond motifs is 12. The van der Waals surface area contributed by atoms with Gasteiger partial charge in [0.1, 0.15) is 0 Å². The molecule has 262 valence electrons. The molecule has 1 aromatic heterocycles. The lowest BCUT2D eigenvalue weighted by Gasteiger charge is -2.52. The fourth-order valence-electron chi connectivity index (χ4n) is 10.1. The van der Waals surface area contributed by atoms with Crippen molar-refractivity contribution < 1.29 is 0 Å². The van der Waals surface area contributed by atoms with Crippen LogP contribution in [0.15, 0.2) is 194 Å². The molecule has 3 unspecified atom stereocenters. The molecule has 0 saturated carbocycles. The van der Waals surface area contributed by atoms with Crippen LogP contribution in [0.25, 0.3) is 62.0 Å². The average molecular weight is 715 g/mol. The fraction of sp³-hybridized carbons (Fsp3) is 0.0577. The molecule has 56 heavy (non-hydrogen) atoms. The first-order valence-electron chi connectivity index (χ1n) is 19.4. The fourth-order valence-corrected chi connectivity index (χ4v) is 10.1. The van der Waals surface area contributed by atoms with Crippen molar-refractivity contribution in [3.63, 3.8) is 0 Å². The van der Waals surface area contributed by atoms with E-state index in [9.17, 15) is 0 Å². The van der Waals surface area contributed by atoms with Gasteiger partial charge in [0.15, 0.2) is 17.5 Å². The maximum atomic E-state index is 4.97. The SMILES string of the molecule is C1=CC2C3C(=C1)c1ccccc1N3c1ccccc1C21c2ccccc2-c2cc(-c3ccc(-c4nc(-c5ccccc5)nc(-c5ccccc5)n4)cc3)ccc21. The number of anilines is 2. The predicted octanol–water partition coefficient (Wildman–Crippen LogP) is 12.0. The smallest absolute Gasteiger partial charge is 0.164 e. The average Bonchev–Trinajstić information content (AvgIpc) is 3.77. The number of para-hydroxylation sites is 2. The summed E-state index contributed by atoms with van der Waals surface area (Å²) >= 11 is 0. The molecule has 2 aliphatic carbocycles. The molecule has 2 aliphatic heterocycles. The lowest BCUT2D eigenvalue weighted by Crippen LogP contribution is -2.52. The minimum atomic E-state index is -0.338. The Kier molecular flexibility index (Phi) is 6.64. The van der Waals surface area contributed by atoms with Crippen LogP contribution < -0.4 is 4.90 Å². The monoisotopic (exact) mass is 714 g/mol. The van der Waals surface area contributed by atoms with Crippen molar-refractivity contribution in [2.24, 2.45) is 5.92 Å². The van der Waals surface area contributed by atoms with Gasteiger partial charge in [0, 0.05) is 39.5 Å². The summed E-state index contributed by atoms with van der Waals surface area (Å²) in [5, 5.41) is 0. The van der Waals surface area contributed by atoms with E-state index in [1.54, 1.807) is 0 Å². The number of aromatic nitrogens is 3. The standard InChI is InChI=1S/C52H34N4/c1-3-14-34(15-4-1)49-53-50(35-16-5-2-6-17-35)55-51(54-49)36-28-26-33(27-29-36)37-30-31-43-41(32-37)38-18-7-9-21-42(38)52(43)44-22-10-12-25-47(44)56-46-24-11-8-19-39(46)40-20-13-23-45(52)48(40)56/h1-32,45,48H. The topological polar surface area (TPSA) is 41.9 Å². The molecular weight excluding hydrogens is 681 g/mol. The van der Waals surface area contributed by atoms with E-state index in [2.05, 4.69) is 138 Å². The lowest BCUT2D eigenvalue weighted by atomic mass is 9.57. The minimum absolute atomic E-state index is 0.207. The van der Waals surface area contributed by atoms with E-state index >= 15 is 0 Å². The zero-order valence-electron chi connectivity index (χ0n) is 30.4. The summed E-state index contributed by atoms with van der Waals surface area (Å²) in [7, 11) is 0. The zero-order valence-corrected chi connectivity index (χ0v) is 30.4. The van der Waals surface area contributed by atoms with Gasteiger partial charge in [-0.25, -0.2) is 15.0 Å². The zero-order chi connectivity index (χ0) is 36.8. The van der Waals surface area contributed by atoms with Crippen LogP contribution in [-0.4, -0.2) is 21.0 Å². The molecule has 4 heteroatoms. The highest BCUT2D eigenvalue weighted by molar-refractivity contribution is 5.99. The van der Waals surface area contributed by atoms with Crippen LogP contribution in [0.3, 0.4) is 0 Å². The van der Waals surface area contributed by atoms with Gasteiger partial charge in [0.05, 0.1) is 11.5 Å². The van der Waals surface area contributed by atoms with Gasteiger partial charge < -0.3 is 4.90 Å². The second-order valence-corrected chi connectivity index (χ2v) is 15.1. The van der Waals surface area contributed by atoms with Crippen LogP contribution in [0.2, 0.25) is 0 Å². The first-order chi connectivity index (χ1) is 27.8. The normalized spacial score (nSPS) is 19.1. The van der Waals surface area contributed by atoms with Crippen molar-refractivity contribution in [3.05, 3.63) is 216 Å². The molecule has 7 aromatic carbocycles. The summed E-state index contributed by atoms with van der Waals surface area (Å²) < 4.78 is 0. The number of hydrogen-bond donors (Lipinski definition) is 0. The maximum Gasteiger partial charge on any atom is 0.164 e. The van der Waals surface area contributed by atoms with Crippen molar-refractivity contribution in [1.29, 1.82) is 0 Å². The number of hydrogen-bond acceptors (Lipinski definition) is 4. The summed E-state index contributed by atoms with van der Waals surface area (Å²) in [6.07, 6.45) is 7.13. The molecule has 3 atom stereocenters. The summed E-state index contributed by atoms with van der Waals surface area (Å²) in [5.74, 6) is 2.18. The minimum Gasteiger partial charge on any atom is -0.332 e. The van der Waals surface area contributed by atoms with Crippen molar-refractivity contribution in [2.75, 3.05) is 4.90 Å². The van der Waals surface area contributed by atoms with E-state index in [1.807, 2.05) is 60.7 Å². The van der Waals surface area contributed by atoms with Crippen LogP contribution in [0.4, 0.5) is 11.4 Å². The van der Waals surface area contributed by atoms with Gasteiger partial charge in [-0.2, -0.15) is 0 Å². The summed E-state index contributed by atoms with van der Waals surface area (Å²) in [6, 6.07) is 63.5. The Hall–Kier alpha value is -7.17. The van der Waals surface area contributed by atoms with Gasteiger partial charge in [-0.3, -0.25) is 0 Å². The van der Waals surface area contributed by atoms with E-state index in [1.165, 1.54) is 55.9 Å². The van der Waals surface area contributed by atoms with Crippen LogP contribution in [-0.2, 0) is 5.41 Å². The first-order valence-corrected chi connectivity index (χ1v) is 19.4. The van der Waals surface area contributed by atoms with E-state index in [4.69, 9.17) is 15.0 Å². The third-order valence-electron chi connectivity index (χ3n) is 12.4. The van der Waals surface area contributed by atoms with Gasteiger partial charge in [-0.1, -0.05) is 176 Å². The van der Waals surface area contributed by atoms with E-state index in [0.29, 0.717) is 17.5 Å². The molecule has 0 bridgehead atoms. The molecule has 4 aliphatic rings. The largest absolute Gasteiger partial charge is 0.332 e. The molecule has 0 fully saturated rings. The number of nitrogens with zero attached hydrogens (tertiary/aromatic N) is 4. The Morgan fingerprint density at radius 2 is 0.929 bits per heavy atom. The van der Waals surface area contributed by atoms with Gasteiger partial charge in [-0.05, 0) is 62.7 Å². The van der Waals surface area contributed by atoms with Crippen molar-refractivity contribution in [1.82, 2.24) is 15.0 Å². The number of benzene rings is 7.